The molecule has 7 nitrogen and oxygen atoms in total. The van der Waals surface area contributed by atoms with Gasteiger partial charge in [0.05, 0.1) is 20.1 Å². The lowest BCUT2D eigenvalue weighted by molar-refractivity contribution is -0.140. The SMILES string of the molecule is CCOc1cc(C(=O)N(CCC(=O)OC)Cc2ccccc2)ccc1OCc1cccnc1. The molecule has 1 aromatic heterocycles. The van der Waals surface area contributed by atoms with Gasteiger partial charge >= 0.3 is 5.97 Å². The van der Waals surface area contributed by atoms with Crippen LogP contribution in [-0.4, -0.2) is 42.0 Å². The fraction of sp³-hybridized carbons (Fsp3) is 0.269. The molecule has 0 saturated heterocycles. The zero-order valence-electron chi connectivity index (χ0n) is 18.9. The van der Waals surface area contributed by atoms with Crippen LogP contribution in [0.25, 0.3) is 0 Å². The van der Waals surface area contributed by atoms with E-state index in [2.05, 4.69) is 4.98 Å². The van der Waals surface area contributed by atoms with E-state index in [4.69, 9.17) is 14.2 Å². The number of carbonyl (C=O) groups excluding carboxylic acids is 2. The molecular weight excluding hydrogens is 420 g/mol. The van der Waals surface area contributed by atoms with Crippen LogP contribution in [0.2, 0.25) is 0 Å². The summed E-state index contributed by atoms with van der Waals surface area (Å²) < 4.78 is 16.4. The molecular formula is C26H28N2O5. The van der Waals surface area contributed by atoms with Gasteiger partial charge in [-0.2, -0.15) is 0 Å². The summed E-state index contributed by atoms with van der Waals surface area (Å²) in [4.78, 5) is 30.8. The van der Waals surface area contributed by atoms with Gasteiger partial charge in [0, 0.05) is 36.6 Å². The molecule has 33 heavy (non-hydrogen) atoms. The zero-order chi connectivity index (χ0) is 23.5. The third-order valence-corrected chi connectivity index (χ3v) is 4.92. The highest BCUT2D eigenvalue weighted by Gasteiger charge is 2.20. The van der Waals surface area contributed by atoms with Crippen molar-refractivity contribution in [2.75, 3.05) is 20.3 Å². The number of hydrogen-bond donors (Lipinski definition) is 0. The molecule has 1 heterocycles. The van der Waals surface area contributed by atoms with E-state index in [1.807, 2.05) is 49.4 Å². The summed E-state index contributed by atoms with van der Waals surface area (Å²) in [6.07, 6.45) is 3.55. The summed E-state index contributed by atoms with van der Waals surface area (Å²) in [7, 11) is 1.34. The highest BCUT2D eigenvalue weighted by Crippen LogP contribution is 2.30. The third-order valence-electron chi connectivity index (χ3n) is 4.92. The molecule has 0 aliphatic rings. The molecule has 1 amide bonds. The Hall–Kier alpha value is -3.87. The number of aromatic nitrogens is 1. The van der Waals surface area contributed by atoms with Gasteiger partial charge in [0.25, 0.3) is 5.91 Å². The number of rotatable bonds is 11. The molecule has 0 aliphatic heterocycles. The summed E-state index contributed by atoms with van der Waals surface area (Å²) in [5.41, 5.74) is 2.35. The topological polar surface area (TPSA) is 78.0 Å². The summed E-state index contributed by atoms with van der Waals surface area (Å²) in [5.74, 6) is 0.457. The molecule has 172 valence electrons. The first-order chi connectivity index (χ1) is 16.1. The van der Waals surface area contributed by atoms with Crippen molar-refractivity contribution >= 4 is 11.9 Å². The van der Waals surface area contributed by atoms with Crippen LogP contribution in [0, 0.1) is 0 Å². The van der Waals surface area contributed by atoms with Crippen LogP contribution in [0.1, 0.15) is 34.8 Å². The van der Waals surface area contributed by atoms with Crippen molar-refractivity contribution in [3.8, 4) is 11.5 Å². The van der Waals surface area contributed by atoms with Crippen molar-refractivity contribution in [2.45, 2.75) is 26.5 Å². The van der Waals surface area contributed by atoms with Gasteiger partial charge in [-0.1, -0.05) is 36.4 Å². The Balaban J connectivity index is 1.80. The molecule has 0 radical (unpaired) electrons. The molecule has 0 N–H and O–H groups in total. The van der Waals surface area contributed by atoms with E-state index < -0.39 is 0 Å². The molecule has 0 unspecified atom stereocenters. The average Bonchev–Trinajstić information content (AvgIpc) is 2.86. The number of esters is 1. The van der Waals surface area contributed by atoms with Crippen LogP contribution < -0.4 is 9.47 Å². The van der Waals surface area contributed by atoms with Gasteiger partial charge in [-0.15, -0.1) is 0 Å². The van der Waals surface area contributed by atoms with Gasteiger partial charge in [0.2, 0.25) is 0 Å². The molecule has 0 saturated carbocycles. The van der Waals surface area contributed by atoms with Crippen molar-refractivity contribution in [3.05, 3.63) is 89.7 Å². The largest absolute Gasteiger partial charge is 0.490 e. The summed E-state index contributed by atoms with van der Waals surface area (Å²) in [6.45, 7) is 3.25. The maximum atomic E-state index is 13.4. The van der Waals surface area contributed by atoms with E-state index in [-0.39, 0.29) is 24.8 Å². The van der Waals surface area contributed by atoms with Crippen molar-refractivity contribution in [1.29, 1.82) is 0 Å². The highest BCUT2D eigenvalue weighted by molar-refractivity contribution is 5.95. The molecule has 0 fully saturated rings. The Morgan fingerprint density at radius 1 is 0.939 bits per heavy atom. The zero-order valence-corrected chi connectivity index (χ0v) is 18.9. The predicted molar refractivity (Wildman–Crippen MR) is 124 cm³/mol. The van der Waals surface area contributed by atoms with Crippen molar-refractivity contribution in [2.24, 2.45) is 0 Å². The first kappa shape index (κ1) is 23.8. The number of pyridine rings is 1. The lowest BCUT2D eigenvalue weighted by atomic mass is 10.1. The van der Waals surface area contributed by atoms with E-state index >= 15 is 0 Å². The minimum Gasteiger partial charge on any atom is -0.490 e. The number of methoxy groups -OCH3 is 1. The van der Waals surface area contributed by atoms with E-state index in [1.54, 1.807) is 35.5 Å². The summed E-state index contributed by atoms with van der Waals surface area (Å²) >= 11 is 0. The molecule has 0 bridgehead atoms. The normalized spacial score (nSPS) is 10.4. The first-order valence-corrected chi connectivity index (χ1v) is 10.8. The Morgan fingerprint density at radius 2 is 1.73 bits per heavy atom. The van der Waals surface area contributed by atoms with Crippen LogP contribution >= 0.6 is 0 Å². The Labute approximate surface area is 193 Å². The van der Waals surface area contributed by atoms with Gasteiger partial charge in [-0.05, 0) is 36.8 Å². The number of carbonyl (C=O) groups is 2. The monoisotopic (exact) mass is 448 g/mol. The molecule has 0 aliphatic carbocycles. The minimum absolute atomic E-state index is 0.111. The lowest BCUT2D eigenvalue weighted by Crippen LogP contribution is -2.32. The van der Waals surface area contributed by atoms with Gasteiger partial charge in [0.1, 0.15) is 6.61 Å². The molecule has 0 spiro atoms. The minimum atomic E-state index is -0.366. The third kappa shape index (κ3) is 7.07. The number of ether oxygens (including phenoxy) is 3. The molecule has 7 heteroatoms. The van der Waals surface area contributed by atoms with E-state index in [1.165, 1.54) is 7.11 Å². The molecule has 0 atom stereocenters. The van der Waals surface area contributed by atoms with Crippen LogP contribution in [-0.2, 0) is 22.7 Å². The fourth-order valence-electron chi connectivity index (χ4n) is 3.24. The Bertz CT molecular complexity index is 1040. The van der Waals surface area contributed by atoms with Crippen molar-refractivity contribution in [3.63, 3.8) is 0 Å². The van der Waals surface area contributed by atoms with Crippen LogP contribution in [0.3, 0.4) is 0 Å². The standard InChI is InChI=1S/C26H28N2O5/c1-3-32-24-16-22(11-12-23(24)33-19-21-10-7-14-27-17-21)26(30)28(15-13-25(29)31-2)18-20-8-5-4-6-9-20/h4-12,14,16-17H,3,13,15,18-19H2,1-2H3. The van der Waals surface area contributed by atoms with Crippen LogP contribution in [0.4, 0.5) is 0 Å². The Kier molecular flexibility index (Phi) is 8.82. The highest BCUT2D eigenvalue weighted by atomic mass is 16.5. The maximum Gasteiger partial charge on any atom is 0.307 e. The smallest absolute Gasteiger partial charge is 0.307 e. The molecule has 2 aromatic carbocycles. The second kappa shape index (κ2) is 12.2. The maximum absolute atomic E-state index is 13.4. The summed E-state index contributed by atoms with van der Waals surface area (Å²) in [6, 6.07) is 18.5. The van der Waals surface area contributed by atoms with Crippen LogP contribution in [0.15, 0.2) is 73.1 Å². The average molecular weight is 449 g/mol. The van der Waals surface area contributed by atoms with E-state index in [0.717, 1.165) is 11.1 Å². The van der Waals surface area contributed by atoms with Crippen LogP contribution in [0.5, 0.6) is 11.5 Å². The second-order valence-corrected chi connectivity index (χ2v) is 7.28. The lowest BCUT2D eigenvalue weighted by Gasteiger charge is -2.23. The molecule has 3 aromatic rings. The molecule has 3 rings (SSSR count). The van der Waals surface area contributed by atoms with Gasteiger partial charge in [-0.3, -0.25) is 14.6 Å². The van der Waals surface area contributed by atoms with Gasteiger partial charge in [0.15, 0.2) is 11.5 Å². The van der Waals surface area contributed by atoms with E-state index in [0.29, 0.717) is 36.8 Å². The number of hydrogen-bond acceptors (Lipinski definition) is 6. The number of amides is 1. The van der Waals surface area contributed by atoms with E-state index in [9.17, 15) is 9.59 Å². The second-order valence-electron chi connectivity index (χ2n) is 7.28. The van der Waals surface area contributed by atoms with Crippen molar-refractivity contribution in [1.82, 2.24) is 9.88 Å². The number of nitrogens with zero attached hydrogens (tertiary/aromatic N) is 2. The quantitative estimate of drug-likeness (QED) is 0.408. The van der Waals surface area contributed by atoms with Gasteiger partial charge in [-0.25, -0.2) is 0 Å². The number of benzene rings is 2. The Morgan fingerprint density at radius 3 is 2.42 bits per heavy atom. The fourth-order valence-corrected chi connectivity index (χ4v) is 3.24. The first-order valence-electron chi connectivity index (χ1n) is 10.8. The predicted octanol–water partition coefficient (Wildman–Crippen LogP) is 4.26. The van der Waals surface area contributed by atoms with Crippen molar-refractivity contribution < 1.29 is 23.8 Å². The van der Waals surface area contributed by atoms with Gasteiger partial charge < -0.3 is 19.1 Å². The summed E-state index contributed by atoms with van der Waals surface area (Å²) in [5, 5.41) is 0.